The van der Waals surface area contributed by atoms with Crippen molar-refractivity contribution in [2.24, 2.45) is 0 Å². The van der Waals surface area contributed by atoms with E-state index in [2.05, 4.69) is 32.9 Å². The normalized spacial score (nSPS) is 11.5. The van der Waals surface area contributed by atoms with Gasteiger partial charge in [-0.2, -0.15) is 0 Å². The van der Waals surface area contributed by atoms with Crippen LogP contribution in [0.3, 0.4) is 0 Å². The van der Waals surface area contributed by atoms with Crippen molar-refractivity contribution in [3.63, 3.8) is 0 Å². The highest BCUT2D eigenvalue weighted by atomic mass is 127. The van der Waals surface area contributed by atoms with Gasteiger partial charge in [-0.25, -0.2) is 4.98 Å². The Morgan fingerprint density at radius 3 is 2.60 bits per heavy atom. The summed E-state index contributed by atoms with van der Waals surface area (Å²) < 4.78 is 12.8. The van der Waals surface area contributed by atoms with Gasteiger partial charge in [-0.3, -0.25) is 4.79 Å². The molecule has 1 amide bonds. The Bertz CT molecular complexity index is 1220. The lowest BCUT2D eigenvalue weighted by atomic mass is 10.1. The molecule has 4 aromatic rings. The van der Waals surface area contributed by atoms with Crippen molar-refractivity contribution >= 4 is 56.9 Å². The summed E-state index contributed by atoms with van der Waals surface area (Å²) in [7, 11) is 0. The number of rotatable bonds is 5. The summed E-state index contributed by atoms with van der Waals surface area (Å²) in [4.78, 5) is 17.4. The molecule has 1 heterocycles. The highest BCUT2D eigenvalue weighted by molar-refractivity contribution is 14.1. The number of carbonyl (C=O) groups excluding carboxylic acids is 1. The average Bonchev–Trinajstić information content (AvgIpc) is 3.13. The molecule has 7 heteroatoms. The standard InChI is InChI=1S/C23H18ClIN2O3/c1-23(2,30-18-9-6-15(24)7-10-18)22(28)26-17-8-11-20-19(13-17)27-21(29-20)14-4-3-5-16(25)12-14/h3-13H,1-2H3,(H,26,28). The molecule has 0 aliphatic rings. The second kappa shape index (κ2) is 8.28. The molecular weight excluding hydrogens is 515 g/mol. The molecule has 4 rings (SSSR count). The minimum absolute atomic E-state index is 0.280. The van der Waals surface area contributed by atoms with E-state index in [1.807, 2.05) is 24.3 Å². The molecule has 0 atom stereocenters. The quantitative estimate of drug-likeness (QED) is 0.296. The molecule has 0 aliphatic carbocycles. The zero-order valence-corrected chi connectivity index (χ0v) is 19.2. The Morgan fingerprint density at radius 2 is 1.87 bits per heavy atom. The molecule has 1 N–H and O–H groups in total. The van der Waals surface area contributed by atoms with Crippen LogP contribution in [0, 0.1) is 3.57 Å². The third-order valence-electron chi connectivity index (χ3n) is 4.45. The van der Waals surface area contributed by atoms with E-state index in [4.69, 9.17) is 20.8 Å². The minimum atomic E-state index is -1.08. The van der Waals surface area contributed by atoms with Crippen molar-refractivity contribution in [2.45, 2.75) is 19.4 Å². The minimum Gasteiger partial charge on any atom is -0.478 e. The largest absolute Gasteiger partial charge is 0.478 e. The Balaban J connectivity index is 1.52. The van der Waals surface area contributed by atoms with Crippen LogP contribution in [0.5, 0.6) is 5.75 Å². The van der Waals surface area contributed by atoms with Gasteiger partial charge in [0.15, 0.2) is 11.2 Å². The third-order valence-corrected chi connectivity index (χ3v) is 5.37. The number of amides is 1. The SMILES string of the molecule is CC(C)(Oc1ccc(Cl)cc1)C(=O)Nc1ccc2oc(-c3cccc(I)c3)nc2c1. The van der Waals surface area contributed by atoms with Crippen LogP contribution in [-0.2, 0) is 4.79 Å². The van der Waals surface area contributed by atoms with Crippen molar-refractivity contribution in [1.29, 1.82) is 0 Å². The van der Waals surface area contributed by atoms with E-state index < -0.39 is 5.60 Å². The highest BCUT2D eigenvalue weighted by Gasteiger charge is 2.30. The molecular formula is C23H18ClIN2O3. The van der Waals surface area contributed by atoms with Gasteiger partial charge in [0, 0.05) is 19.8 Å². The molecule has 152 valence electrons. The number of nitrogens with zero attached hydrogens (tertiary/aromatic N) is 1. The zero-order valence-electron chi connectivity index (χ0n) is 16.3. The predicted octanol–water partition coefficient (Wildman–Crippen LogP) is 6.55. The summed E-state index contributed by atoms with van der Waals surface area (Å²) in [5, 5.41) is 3.50. The number of oxazole rings is 1. The molecule has 3 aromatic carbocycles. The van der Waals surface area contributed by atoms with Gasteiger partial charge in [0.25, 0.3) is 5.91 Å². The molecule has 0 fully saturated rings. The van der Waals surface area contributed by atoms with Crippen molar-refractivity contribution in [1.82, 2.24) is 4.98 Å². The summed E-state index contributed by atoms with van der Waals surface area (Å²) in [6, 6.07) is 20.2. The van der Waals surface area contributed by atoms with Crippen LogP contribution in [0.25, 0.3) is 22.6 Å². The molecule has 0 bridgehead atoms. The van der Waals surface area contributed by atoms with E-state index in [-0.39, 0.29) is 5.91 Å². The second-order valence-electron chi connectivity index (χ2n) is 7.23. The molecule has 0 unspecified atom stereocenters. The van der Waals surface area contributed by atoms with Crippen LogP contribution in [0.2, 0.25) is 5.02 Å². The first kappa shape index (κ1) is 20.7. The van der Waals surface area contributed by atoms with Gasteiger partial charge in [0.2, 0.25) is 5.89 Å². The number of aromatic nitrogens is 1. The molecule has 0 saturated heterocycles. The van der Waals surface area contributed by atoms with E-state index in [0.29, 0.717) is 33.4 Å². The van der Waals surface area contributed by atoms with E-state index in [9.17, 15) is 4.79 Å². The molecule has 0 aliphatic heterocycles. The lowest BCUT2D eigenvalue weighted by Crippen LogP contribution is -2.42. The Kier molecular flexibility index (Phi) is 5.71. The predicted molar refractivity (Wildman–Crippen MR) is 127 cm³/mol. The third kappa shape index (κ3) is 4.60. The first-order valence-electron chi connectivity index (χ1n) is 9.23. The molecule has 0 radical (unpaired) electrons. The summed E-state index contributed by atoms with van der Waals surface area (Å²) >= 11 is 8.15. The maximum atomic E-state index is 12.8. The van der Waals surface area contributed by atoms with Crippen molar-refractivity contribution in [3.05, 3.63) is 75.3 Å². The lowest BCUT2D eigenvalue weighted by Gasteiger charge is -2.25. The summed E-state index contributed by atoms with van der Waals surface area (Å²) in [6.07, 6.45) is 0. The smallest absolute Gasteiger partial charge is 0.267 e. The monoisotopic (exact) mass is 532 g/mol. The van der Waals surface area contributed by atoms with Gasteiger partial charge in [0.1, 0.15) is 11.3 Å². The number of benzene rings is 3. The Labute approximate surface area is 192 Å². The van der Waals surface area contributed by atoms with Gasteiger partial charge in [0.05, 0.1) is 0 Å². The number of anilines is 1. The molecule has 0 spiro atoms. The number of nitrogens with one attached hydrogen (secondary N) is 1. The van der Waals surface area contributed by atoms with Gasteiger partial charge in [-0.15, -0.1) is 0 Å². The molecule has 30 heavy (non-hydrogen) atoms. The maximum Gasteiger partial charge on any atom is 0.267 e. The van der Waals surface area contributed by atoms with Gasteiger partial charge in [-0.05, 0) is 97.1 Å². The fourth-order valence-corrected chi connectivity index (χ4v) is 3.54. The summed E-state index contributed by atoms with van der Waals surface area (Å²) in [5.74, 6) is 0.824. The fraction of sp³-hybridized carbons (Fsp3) is 0.130. The molecule has 0 saturated carbocycles. The fourth-order valence-electron chi connectivity index (χ4n) is 2.88. The van der Waals surface area contributed by atoms with Crippen molar-refractivity contribution in [3.8, 4) is 17.2 Å². The molecule has 5 nitrogen and oxygen atoms in total. The van der Waals surface area contributed by atoms with Crippen LogP contribution in [0.1, 0.15) is 13.8 Å². The van der Waals surface area contributed by atoms with Crippen LogP contribution >= 0.6 is 34.2 Å². The lowest BCUT2D eigenvalue weighted by molar-refractivity contribution is -0.128. The van der Waals surface area contributed by atoms with Crippen molar-refractivity contribution < 1.29 is 13.9 Å². The molecule has 1 aromatic heterocycles. The van der Waals surface area contributed by atoms with Gasteiger partial charge in [-0.1, -0.05) is 17.7 Å². The number of halogens is 2. The Morgan fingerprint density at radius 1 is 1.10 bits per heavy atom. The second-order valence-corrected chi connectivity index (χ2v) is 8.91. The van der Waals surface area contributed by atoms with Crippen LogP contribution in [-0.4, -0.2) is 16.5 Å². The number of hydrogen-bond acceptors (Lipinski definition) is 4. The van der Waals surface area contributed by atoms with Gasteiger partial charge >= 0.3 is 0 Å². The van der Waals surface area contributed by atoms with E-state index in [0.717, 1.165) is 9.13 Å². The number of carbonyl (C=O) groups is 1. The highest BCUT2D eigenvalue weighted by Crippen LogP contribution is 2.28. The maximum absolute atomic E-state index is 12.8. The van der Waals surface area contributed by atoms with Crippen molar-refractivity contribution in [2.75, 3.05) is 5.32 Å². The summed E-state index contributed by atoms with van der Waals surface area (Å²) in [6.45, 7) is 3.42. The first-order valence-corrected chi connectivity index (χ1v) is 10.7. The van der Waals surface area contributed by atoms with Crippen LogP contribution in [0.4, 0.5) is 5.69 Å². The van der Waals surface area contributed by atoms with E-state index >= 15 is 0 Å². The number of fused-ring (bicyclic) bond motifs is 1. The van der Waals surface area contributed by atoms with E-state index in [1.54, 1.807) is 56.3 Å². The van der Waals surface area contributed by atoms with E-state index in [1.165, 1.54) is 0 Å². The topological polar surface area (TPSA) is 64.4 Å². The van der Waals surface area contributed by atoms with Crippen LogP contribution in [0.15, 0.2) is 71.1 Å². The first-order chi connectivity index (χ1) is 14.3. The Hall–Kier alpha value is -2.58. The van der Waals surface area contributed by atoms with Gasteiger partial charge < -0.3 is 14.5 Å². The summed E-state index contributed by atoms with van der Waals surface area (Å²) in [5.41, 5.74) is 1.75. The zero-order chi connectivity index (χ0) is 21.3. The average molecular weight is 533 g/mol. The number of ether oxygens (including phenoxy) is 1. The number of hydrogen-bond donors (Lipinski definition) is 1. The van der Waals surface area contributed by atoms with Crippen LogP contribution < -0.4 is 10.1 Å².